The highest BCUT2D eigenvalue weighted by Gasteiger charge is 2.22. The molecule has 6 heteroatoms. The Labute approximate surface area is 126 Å². The highest BCUT2D eigenvalue weighted by atomic mass is 16.4. The molecule has 1 saturated carbocycles. The van der Waals surface area contributed by atoms with Gasteiger partial charge in [0.25, 0.3) is 0 Å². The van der Waals surface area contributed by atoms with E-state index in [1.807, 2.05) is 9.80 Å². The Balaban J connectivity index is 1.78. The Hall–Kier alpha value is -1.30. The van der Waals surface area contributed by atoms with Gasteiger partial charge in [-0.1, -0.05) is 25.7 Å². The van der Waals surface area contributed by atoms with Crippen molar-refractivity contribution in [2.45, 2.75) is 51.0 Å². The first-order valence-corrected chi connectivity index (χ1v) is 8.15. The average Bonchev–Trinajstić information content (AvgIpc) is 2.81. The third kappa shape index (κ3) is 5.53. The standard InChI is InChI=1S/C15H27N3O3/c19-14(20)12-17-8-5-9-18(11-10-17)15(21)16-13-6-3-1-2-4-7-13/h13H,1-12H2,(H,16,21)(H,19,20). The molecule has 1 saturated heterocycles. The van der Waals surface area contributed by atoms with Crippen molar-refractivity contribution in [1.82, 2.24) is 15.1 Å². The van der Waals surface area contributed by atoms with Gasteiger partial charge in [-0.15, -0.1) is 0 Å². The number of carbonyl (C=O) groups is 2. The highest BCUT2D eigenvalue weighted by Crippen LogP contribution is 2.17. The van der Waals surface area contributed by atoms with Gasteiger partial charge in [0.2, 0.25) is 0 Å². The largest absolute Gasteiger partial charge is 0.480 e. The van der Waals surface area contributed by atoms with Gasteiger partial charge in [-0.25, -0.2) is 4.79 Å². The summed E-state index contributed by atoms with van der Waals surface area (Å²) >= 11 is 0. The van der Waals surface area contributed by atoms with Gasteiger partial charge in [-0.2, -0.15) is 0 Å². The van der Waals surface area contributed by atoms with Crippen LogP contribution in [0.2, 0.25) is 0 Å². The van der Waals surface area contributed by atoms with Crippen molar-refractivity contribution in [3.63, 3.8) is 0 Å². The number of hydrogen-bond acceptors (Lipinski definition) is 3. The van der Waals surface area contributed by atoms with Crippen molar-refractivity contribution in [3.8, 4) is 0 Å². The van der Waals surface area contributed by atoms with Crippen molar-refractivity contribution >= 4 is 12.0 Å². The summed E-state index contributed by atoms with van der Waals surface area (Å²) < 4.78 is 0. The Morgan fingerprint density at radius 2 is 1.67 bits per heavy atom. The SMILES string of the molecule is O=C(O)CN1CCCN(C(=O)NC2CCCCCC2)CC1. The monoisotopic (exact) mass is 297 g/mol. The Bertz CT molecular complexity index is 354. The smallest absolute Gasteiger partial charge is 0.317 e. The van der Waals surface area contributed by atoms with Gasteiger partial charge in [0.05, 0.1) is 6.54 Å². The van der Waals surface area contributed by atoms with Crippen LogP contribution in [0.15, 0.2) is 0 Å². The molecular weight excluding hydrogens is 270 g/mol. The molecule has 0 atom stereocenters. The summed E-state index contributed by atoms with van der Waals surface area (Å²) in [7, 11) is 0. The molecule has 2 amide bonds. The molecular formula is C15H27N3O3. The van der Waals surface area contributed by atoms with Crippen LogP contribution < -0.4 is 5.32 Å². The zero-order chi connectivity index (χ0) is 15.1. The van der Waals surface area contributed by atoms with E-state index in [4.69, 9.17) is 5.11 Å². The highest BCUT2D eigenvalue weighted by molar-refractivity contribution is 5.74. The fraction of sp³-hybridized carbons (Fsp3) is 0.867. The average molecular weight is 297 g/mol. The molecule has 2 fully saturated rings. The van der Waals surface area contributed by atoms with Crippen LogP contribution in [-0.4, -0.2) is 65.7 Å². The zero-order valence-electron chi connectivity index (χ0n) is 12.7. The molecule has 2 N–H and O–H groups in total. The van der Waals surface area contributed by atoms with E-state index in [1.165, 1.54) is 25.7 Å². The number of carboxylic acids is 1. The van der Waals surface area contributed by atoms with Gasteiger partial charge >= 0.3 is 12.0 Å². The number of nitrogens with zero attached hydrogens (tertiary/aromatic N) is 2. The lowest BCUT2D eigenvalue weighted by Gasteiger charge is -2.25. The van der Waals surface area contributed by atoms with Gasteiger partial charge in [-0.05, 0) is 19.3 Å². The van der Waals surface area contributed by atoms with E-state index in [0.29, 0.717) is 25.7 Å². The van der Waals surface area contributed by atoms with Gasteiger partial charge in [0.1, 0.15) is 0 Å². The summed E-state index contributed by atoms with van der Waals surface area (Å²) in [6.45, 7) is 2.79. The van der Waals surface area contributed by atoms with E-state index in [-0.39, 0.29) is 12.6 Å². The molecule has 0 radical (unpaired) electrons. The molecule has 2 aliphatic rings. The molecule has 120 valence electrons. The molecule has 21 heavy (non-hydrogen) atoms. The lowest BCUT2D eigenvalue weighted by molar-refractivity contribution is -0.138. The summed E-state index contributed by atoms with van der Waals surface area (Å²) in [5.41, 5.74) is 0. The van der Waals surface area contributed by atoms with Crippen molar-refractivity contribution in [1.29, 1.82) is 0 Å². The third-order valence-corrected chi connectivity index (χ3v) is 4.42. The van der Waals surface area contributed by atoms with Crippen LogP contribution in [0.5, 0.6) is 0 Å². The summed E-state index contributed by atoms with van der Waals surface area (Å²) in [4.78, 5) is 26.8. The lowest BCUT2D eigenvalue weighted by Crippen LogP contribution is -2.46. The van der Waals surface area contributed by atoms with Crippen molar-refractivity contribution in [3.05, 3.63) is 0 Å². The van der Waals surface area contributed by atoms with Crippen molar-refractivity contribution in [2.75, 3.05) is 32.7 Å². The molecule has 0 aromatic carbocycles. The van der Waals surface area contributed by atoms with Crippen molar-refractivity contribution in [2.24, 2.45) is 0 Å². The first-order valence-electron chi connectivity index (χ1n) is 8.15. The number of urea groups is 1. The van der Waals surface area contributed by atoms with Crippen LogP contribution in [0.25, 0.3) is 0 Å². The maximum absolute atomic E-state index is 12.3. The molecule has 0 bridgehead atoms. The predicted octanol–water partition coefficient (Wildman–Crippen LogP) is 1.51. The second-order valence-electron chi connectivity index (χ2n) is 6.15. The zero-order valence-corrected chi connectivity index (χ0v) is 12.7. The molecule has 1 heterocycles. The second-order valence-corrected chi connectivity index (χ2v) is 6.15. The summed E-state index contributed by atoms with van der Waals surface area (Å²) in [5, 5.41) is 12.0. The maximum Gasteiger partial charge on any atom is 0.317 e. The minimum Gasteiger partial charge on any atom is -0.480 e. The molecule has 6 nitrogen and oxygen atoms in total. The molecule has 1 aliphatic carbocycles. The Morgan fingerprint density at radius 3 is 2.33 bits per heavy atom. The molecule has 0 spiro atoms. The number of carboxylic acid groups (broad SMARTS) is 1. The van der Waals surface area contributed by atoms with Crippen LogP contribution in [0.4, 0.5) is 4.79 Å². The van der Waals surface area contributed by atoms with Crippen LogP contribution in [-0.2, 0) is 4.79 Å². The Kier molecular flexibility index (Phi) is 6.29. The van der Waals surface area contributed by atoms with Crippen LogP contribution >= 0.6 is 0 Å². The van der Waals surface area contributed by atoms with Crippen LogP contribution in [0, 0.1) is 0 Å². The van der Waals surface area contributed by atoms with Crippen LogP contribution in [0.1, 0.15) is 44.9 Å². The van der Waals surface area contributed by atoms with E-state index >= 15 is 0 Å². The quantitative estimate of drug-likeness (QED) is 0.775. The van der Waals surface area contributed by atoms with E-state index in [1.54, 1.807) is 0 Å². The van der Waals surface area contributed by atoms with E-state index < -0.39 is 5.97 Å². The minimum absolute atomic E-state index is 0.0269. The second kappa shape index (κ2) is 8.22. The van der Waals surface area contributed by atoms with Gasteiger partial charge in [-0.3, -0.25) is 9.69 Å². The third-order valence-electron chi connectivity index (χ3n) is 4.42. The molecule has 1 aliphatic heterocycles. The predicted molar refractivity (Wildman–Crippen MR) is 80.3 cm³/mol. The van der Waals surface area contributed by atoms with Gasteiger partial charge in [0, 0.05) is 32.2 Å². The summed E-state index contributed by atoms with van der Waals surface area (Å²) in [6.07, 6.45) is 7.98. The molecule has 2 rings (SSSR count). The normalized spacial score (nSPS) is 22.4. The fourth-order valence-corrected chi connectivity index (χ4v) is 3.21. The summed E-state index contributed by atoms with van der Waals surface area (Å²) in [6, 6.07) is 0.345. The van der Waals surface area contributed by atoms with E-state index in [0.717, 1.165) is 25.8 Å². The van der Waals surface area contributed by atoms with Gasteiger partial charge in [0.15, 0.2) is 0 Å². The number of amides is 2. The lowest BCUT2D eigenvalue weighted by atomic mass is 10.1. The number of hydrogen-bond donors (Lipinski definition) is 2. The topological polar surface area (TPSA) is 72.9 Å². The molecule has 0 unspecified atom stereocenters. The maximum atomic E-state index is 12.3. The number of rotatable bonds is 3. The Morgan fingerprint density at radius 1 is 0.952 bits per heavy atom. The summed E-state index contributed by atoms with van der Waals surface area (Å²) in [5.74, 6) is -0.800. The van der Waals surface area contributed by atoms with Crippen molar-refractivity contribution < 1.29 is 14.7 Å². The van der Waals surface area contributed by atoms with Crippen LogP contribution in [0.3, 0.4) is 0 Å². The van der Waals surface area contributed by atoms with E-state index in [9.17, 15) is 9.59 Å². The fourth-order valence-electron chi connectivity index (χ4n) is 3.21. The first-order chi connectivity index (χ1) is 10.1. The van der Waals surface area contributed by atoms with E-state index in [2.05, 4.69) is 5.32 Å². The minimum atomic E-state index is -0.800. The number of aliphatic carboxylic acids is 1. The number of nitrogens with one attached hydrogen (secondary N) is 1. The molecule has 0 aromatic heterocycles. The van der Waals surface area contributed by atoms with Gasteiger partial charge < -0.3 is 15.3 Å². The first kappa shape index (κ1) is 16.1. The number of carbonyl (C=O) groups excluding carboxylic acids is 1. The molecule has 0 aromatic rings.